The summed E-state index contributed by atoms with van der Waals surface area (Å²) >= 11 is 12.9. The predicted octanol–water partition coefficient (Wildman–Crippen LogP) is 6.71. The summed E-state index contributed by atoms with van der Waals surface area (Å²) in [5, 5.41) is 4.72. The van der Waals surface area contributed by atoms with Gasteiger partial charge < -0.3 is 19.7 Å². The quantitative estimate of drug-likeness (QED) is 0.275. The summed E-state index contributed by atoms with van der Waals surface area (Å²) in [7, 11) is 1.58. The highest BCUT2D eigenvalue weighted by molar-refractivity contribution is 6.43. The van der Waals surface area contributed by atoms with Crippen LogP contribution in [0, 0.1) is 0 Å². The van der Waals surface area contributed by atoms with Crippen LogP contribution in [0.2, 0.25) is 10.0 Å². The van der Waals surface area contributed by atoms with E-state index in [1.54, 1.807) is 25.6 Å². The molecule has 2 aromatic heterocycles. The summed E-state index contributed by atoms with van der Waals surface area (Å²) in [4.78, 5) is 25.4. The summed E-state index contributed by atoms with van der Waals surface area (Å²) in [6.45, 7) is 5.98. The van der Waals surface area contributed by atoms with Gasteiger partial charge in [0.2, 0.25) is 0 Å². The Morgan fingerprint density at radius 3 is 2.66 bits per heavy atom. The van der Waals surface area contributed by atoms with Gasteiger partial charge in [-0.1, -0.05) is 53.5 Å². The fourth-order valence-electron chi connectivity index (χ4n) is 4.96. The van der Waals surface area contributed by atoms with E-state index in [0.717, 1.165) is 17.0 Å². The molecule has 1 aliphatic heterocycles. The number of nitrogens with one attached hydrogen (secondary N) is 1. The minimum atomic E-state index is -0.218. The molecule has 7 nitrogen and oxygen atoms in total. The molecular formula is C29H28Cl2N4O3. The van der Waals surface area contributed by atoms with Crippen LogP contribution < -0.4 is 19.7 Å². The van der Waals surface area contributed by atoms with Crippen molar-refractivity contribution in [1.82, 2.24) is 15.3 Å². The molecule has 3 heterocycles. The fourth-order valence-corrected chi connectivity index (χ4v) is 5.35. The number of para-hydroxylation sites is 1. The highest BCUT2D eigenvalue weighted by Gasteiger charge is 2.28. The number of methoxy groups -OCH3 is 1. The highest BCUT2D eigenvalue weighted by Crippen LogP contribution is 2.42. The smallest absolute Gasteiger partial charge is 0.255 e. The number of carbonyl (C=O) groups is 1. The SMILES string of the molecule is CCN(CC)c1c(C(=O)N[C@H]2CCOc3ccccc32)cnc2c(-c3cccc(Cl)c3Cl)ncc(OC)c12. The number of anilines is 1. The number of benzene rings is 2. The Kier molecular flexibility index (Phi) is 7.58. The first kappa shape index (κ1) is 26.1. The van der Waals surface area contributed by atoms with Crippen LogP contribution in [-0.4, -0.2) is 42.7 Å². The van der Waals surface area contributed by atoms with Gasteiger partial charge in [0.1, 0.15) is 17.0 Å². The van der Waals surface area contributed by atoms with Gasteiger partial charge in [-0.05, 0) is 26.0 Å². The second kappa shape index (κ2) is 11.1. The zero-order chi connectivity index (χ0) is 26.8. The molecule has 0 saturated carbocycles. The number of amides is 1. The summed E-state index contributed by atoms with van der Waals surface area (Å²) in [5.74, 6) is 1.09. The van der Waals surface area contributed by atoms with Crippen molar-refractivity contribution in [2.75, 3.05) is 31.7 Å². The second-order valence-corrected chi connectivity index (χ2v) is 9.68. The van der Waals surface area contributed by atoms with E-state index in [9.17, 15) is 4.79 Å². The van der Waals surface area contributed by atoms with Gasteiger partial charge in [0.15, 0.2) is 0 Å². The van der Waals surface area contributed by atoms with Crippen LogP contribution in [0.25, 0.3) is 22.2 Å². The minimum Gasteiger partial charge on any atom is -0.494 e. The Bertz CT molecular complexity index is 1510. The molecule has 0 unspecified atom stereocenters. The molecule has 196 valence electrons. The summed E-state index contributed by atoms with van der Waals surface area (Å²) in [6, 6.07) is 13.0. The molecule has 0 bridgehead atoms. The third-order valence-electron chi connectivity index (χ3n) is 6.85. The lowest BCUT2D eigenvalue weighted by molar-refractivity contribution is 0.0925. The molecule has 0 saturated heterocycles. The van der Waals surface area contributed by atoms with Crippen LogP contribution in [0.5, 0.6) is 11.5 Å². The first-order valence-corrected chi connectivity index (χ1v) is 13.3. The molecule has 0 aliphatic carbocycles. The normalized spacial score (nSPS) is 14.5. The number of fused-ring (bicyclic) bond motifs is 2. The maximum absolute atomic E-state index is 13.9. The van der Waals surface area contributed by atoms with E-state index in [1.807, 2.05) is 36.4 Å². The van der Waals surface area contributed by atoms with Gasteiger partial charge in [-0.15, -0.1) is 0 Å². The molecule has 1 atom stereocenters. The van der Waals surface area contributed by atoms with Gasteiger partial charge in [0, 0.05) is 36.8 Å². The van der Waals surface area contributed by atoms with E-state index in [0.29, 0.717) is 69.6 Å². The Morgan fingerprint density at radius 1 is 1.11 bits per heavy atom. The molecule has 0 fully saturated rings. The lowest BCUT2D eigenvalue weighted by atomic mass is 9.99. The van der Waals surface area contributed by atoms with E-state index in [4.69, 9.17) is 37.7 Å². The van der Waals surface area contributed by atoms with Crippen LogP contribution in [-0.2, 0) is 0 Å². The Morgan fingerprint density at radius 2 is 1.89 bits per heavy atom. The Hall–Kier alpha value is -3.55. The number of aromatic nitrogens is 2. The number of pyridine rings is 2. The van der Waals surface area contributed by atoms with Gasteiger partial charge in [-0.2, -0.15) is 0 Å². The van der Waals surface area contributed by atoms with Crippen molar-refractivity contribution in [3.8, 4) is 22.8 Å². The highest BCUT2D eigenvalue weighted by atomic mass is 35.5. The standard InChI is InChI=1S/C29H28Cl2N4O3/c1-4-35(5-2)28-19(29(36)34-21-13-14-38-22-12-7-6-9-17(21)22)15-32-27-24(28)23(37-3)16-33-26(27)18-10-8-11-20(30)25(18)31/h6-12,15-16,21H,4-5,13-14H2,1-3H3,(H,34,36)/t21-/m0/s1. The van der Waals surface area contributed by atoms with Crippen molar-refractivity contribution >= 4 is 45.7 Å². The first-order chi connectivity index (χ1) is 18.5. The van der Waals surface area contributed by atoms with E-state index < -0.39 is 0 Å². The van der Waals surface area contributed by atoms with Gasteiger partial charge in [-0.25, -0.2) is 0 Å². The van der Waals surface area contributed by atoms with E-state index in [2.05, 4.69) is 29.0 Å². The van der Waals surface area contributed by atoms with Gasteiger partial charge >= 0.3 is 0 Å². The molecule has 4 aromatic rings. The molecule has 1 N–H and O–H groups in total. The summed E-state index contributed by atoms with van der Waals surface area (Å²) < 4.78 is 11.5. The number of ether oxygens (including phenoxy) is 2. The number of halogens is 2. The summed E-state index contributed by atoms with van der Waals surface area (Å²) in [6.07, 6.45) is 3.93. The van der Waals surface area contributed by atoms with E-state index in [1.165, 1.54) is 0 Å². The van der Waals surface area contributed by atoms with Crippen molar-refractivity contribution in [3.63, 3.8) is 0 Å². The van der Waals surface area contributed by atoms with E-state index in [-0.39, 0.29) is 11.9 Å². The number of hydrogen-bond acceptors (Lipinski definition) is 6. The van der Waals surface area contributed by atoms with Crippen molar-refractivity contribution in [1.29, 1.82) is 0 Å². The van der Waals surface area contributed by atoms with Crippen molar-refractivity contribution < 1.29 is 14.3 Å². The second-order valence-electron chi connectivity index (χ2n) is 8.89. The van der Waals surface area contributed by atoms with Crippen LogP contribution in [0.1, 0.15) is 42.2 Å². The molecule has 1 aliphatic rings. The van der Waals surface area contributed by atoms with Crippen LogP contribution in [0.3, 0.4) is 0 Å². The number of carbonyl (C=O) groups excluding carboxylic acids is 1. The zero-order valence-electron chi connectivity index (χ0n) is 21.4. The lowest BCUT2D eigenvalue weighted by Gasteiger charge is -2.29. The maximum atomic E-state index is 13.9. The predicted molar refractivity (Wildman–Crippen MR) is 152 cm³/mol. The first-order valence-electron chi connectivity index (χ1n) is 12.6. The van der Waals surface area contributed by atoms with Crippen molar-refractivity contribution in [3.05, 3.63) is 76.0 Å². The third-order valence-corrected chi connectivity index (χ3v) is 7.67. The average Bonchev–Trinajstić information content (AvgIpc) is 2.95. The van der Waals surface area contributed by atoms with Crippen molar-refractivity contribution in [2.24, 2.45) is 0 Å². The Labute approximate surface area is 231 Å². The molecule has 38 heavy (non-hydrogen) atoms. The minimum absolute atomic E-state index is 0.173. The molecular weight excluding hydrogens is 523 g/mol. The maximum Gasteiger partial charge on any atom is 0.255 e. The largest absolute Gasteiger partial charge is 0.494 e. The third kappa shape index (κ3) is 4.61. The lowest BCUT2D eigenvalue weighted by Crippen LogP contribution is -2.34. The number of hydrogen-bond donors (Lipinski definition) is 1. The van der Waals surface area contributed by atoms with Gasteiger partial charge in [0.05, 0.1) is 58.3 Å². The molecule has 9 heteroatoms. The average molecular weight is 551 g/mol. The fraction of sp³-hybridized carbons (Fsp3) is 0.276. The molecule has 2 aromatic carbocycles. The number of nitrogens with zero attached hydrogens (tertiary/aromatic N) is 3. The van der Waals surface area contributed by atoms with Crippen molar-refractivity contribution in [2.45, 2.75) is 26.3 Å². The van der Waals surface area contributed by atoms with Gasteiger partial charge in [0.25, 0.3) is 5.91 Å². The van der Waals surface area contributed by atoms with Crippen LogP contribution >= 0.6 is 23.2 Å². The Balaban J connectivity index is 1.69. The van der Waals surface area contributed by atoms with Crippen LogP contribution in [0.15, 0.2) is 54.9 Å². The number of rotatable bonds is 7. The molecule has 0 radical (unpaired) electrons. The zero-order valence-corrected chi connectivity index (χ0v) is 22.9. The monoisotopic (exact) mass is 550 g/mol. The topological polar surface area (TPSA) is 76.6 Å². The molecule has 5 rings (SSSR count). The molecule has 1 amide bonds. The molecule has 0 spiro atoms. The van der Waals surface area contributed by atoms with E-state index >= 15 is 0 Å². The van der Waals surface area contributed by atoms with Gasteiger partial charge in [-0.3, -0.25) is 14.8 Å². The summed E-state index contributed by atoms with van der Waals surface area (Å²) in [5.41, 5.74) is 3.94. The van der Waals surface area contributed by atoms with Crippen LogP contribution in [0.4, 0.5) is 5.69 Å².